The number of carbonyl (C=O) groups is 2. The van der Waals surface area contributed by atoms with Crippen molar-refractivity contribution in [3.8, 4) is 0 Å². The molecule has 0 aliphatic carbocycles. The summed E-state index contributed by atoms with van der Waals surface area (Å²) in [6, 6.07) is -1.67. The Bertz CT molecular complexity index is 597. The van der Waals surface area contributed by atoms with Gasteiger partial charge in [-0.1, -0.05) is 0 Å². The van der Waals surface area contributed by atoms with Crippen LogP contribution in [0.2, 0.25) is 0 Å². The van der Waals surface area contributed by atoms with E-state index in [1.165, 1.54) is 14.0 Å². The maximum absolute atomic E-state index is 12.1. The molecule has 0 heterocycles. The molecular formula is C12H24N2O6S2. The van der Waals surface area contributed by atoms with Crippen molar-refractivity contribution < 1.29 is 26.4 Å². The number of hydrogen-bond donors (Lipinski definition) is 2. The van der Waals surface area contributed by atoms with Crippen molar-refractivity contribution in [2.24, 2.45) is 0 Å². The molecule has 0 aromatic heterocycles. The minimum absolute atomic E-state index is 0.0115. The molecule has 1 amide bonds. The predicted octanol–water partition coefficient (Wildman–Crippen LogP) is -1.48. The molecule has 0 spiro atoms. The second-order valence-electron chi connectivity index (χ2n) is 5.35. The summed E-state index contributed by atoms with van der Waals surface area (Å²) in [6.07, 6.45) is 2.18. The fourth-order valence-corrected chi connectivity index (χ4v) is 3.05. The van der Waals surface area contributed by atoms with Gasteiger partial charge in [0.1, 0.15) is 19.7 Å². The number of carbonyl (C=O) groups excluding carboxylic acids is 2. The number of rotatable bonds is 10. The molecule has 8 nitrogen and oxygen atoms in total. The van der Waals surface area contributed by atoms with Gasteiger partial charge in [-0.15, -0.1) is 0 Å². The zero-order valence-corrected chi connectivity index (χ0v) is 14.9. The molecule has 130 valence electrons. The minimum atomic E-state index is -3.24. The molecule has 0 saturated carbocycles. The third kappa shape index (κ3) is 9.85. The summed E-state index contributed by atoms with van der Waals surface area (Å²) in [6.45, 7) is 1.26. The van der Waals surface area contributed by atoms with Gasteiger partial charge in [0.15, 0.2) is 5.78 Å². The summed E-state index contributed by atoms with van der Waals surface area (Å²) in [5.74, 6) is -1.26. The summed E-state index contributed by atoms with van der Waals surface area (Å²) in [7, 11) is -4.94. The first kappa shape index (κ1) is 21.0. The molecule has 0 rings (SSSR count). The van der Waals surface area contributed by atoms with E-state index in [-0.39, 0.29) is 30.1 Å². The van der Waals surface area contributed by atoms with Gasteiger partial charge in [-0.2, -0.15) is 0 Å². The SMILES string of the molecule is CN[C@@H](CCS(C)(=O)=O)C(=O)N[C@@H](CCS(C)(=O)=O)C(C)=O. The zero-order chi connectivity index (χ0) is 17.6. The monoisotopic (exact) mass is 356 g/mol. The largest absolute Gasteiger partial charge is 0.345 e. The molecule has 0 aromatic carbocycles. The molecule has 0 aromatic rings. The van der Waals surface area contributed by atoms with E-state index in [1.807, 2.05) is 0 Å². The Kier molecular flexibility index (Phi) is 8.19. The highest BCUT2D eigenvalue weighted by Crippen LogP contribution is 2.02. The summed E-state index contributed by atoms with van der Waals surface area (Å²) >= 11 is 0. The van der Waals surface area contributed by atoms with E-state index in [2.05, 4.69) is 10.6 Å². The summed E-state index contributed by atoms with van der Waals surface area (Å²) in [4.78, 5) is 23.6. The van der Waals surface area contributed by atoms with Crippen LogP contribution in [0.3, 0.4) is 0 Å². The van der Waals surface area contributed by atoms with Gasteiger partial charge in [0.25, 0.3) is 0 Å². The molecule has 0 radical (unpaired) electrons. The van der Waals surface area contributed by atoms with Crippen LogP contribution in [0, 0.1) is 0 Å². The number of hydrogen-bond acceptors (Lipinski definition) is 7. The molecule has 0 aliphatic heterocycles. The Labute approximate surface area is 131 Å². The van der Waals surface area contributed by atoms with Gasteiger partial charge in [-0.25, -0.2) is 16.8 Å². The Balaban J connectivity index is 4.74. The fourth-order valence-electron chi connectivity index (χ4n) is 1.72. The Morgan fingerprint density at radius 1 is 0.909 bits per heavy atom. The maximum Gasteiger partial charge on any atom is 0.237 e. The molecule has 0 saturated heterocycles. The average molecular weight is 356 g/mol. The molecular weight excluding hydrogens is 332 g/mol. The highest BCUT2D eigenvalue weighted by Gasteiger charge is 2.24. The van der Waals surface area contributed by atoms with E-state index in [4.69, 9.17) is 0 Å². The van der Waals surface area contributed by atoms with Crippen LogP contribution in [0.25, 0.3) is 0 Å². The van der Waals surface area contributed by atoms with Crippen LogP contribution in [0.5, 0.6) is 0 Å². The predicted molar refractivity (Wildman–Crippen MR) is 84.1 cm³/mol. The number of ketones is 1. The van der Waals surface area contributed by atoms with Gasteiger partial charge in [-0.05, 0) is 26.8 Å². The minimum Gasteiger partial charge on any atom is -0.345 e. The third-order valence-electron chi connectivity index (χ3n) is 3.03. The van der Waals surface area contributed by atoms with Crippen LogP contribution >= 0.6 is 0 Å². The van der Waals surface area contributed by atoms with Gasteiger partial charge in [0, 0.05) is 12.5 Å². The molecule has 2 N–H and O–H groups in total. The second-order valence-corrected chi connectivity index (χ2v) is 9.87. The number of amides is 1. The topological polar surface area (TPSA) is 126 Å². The average Bonchev–Trinajstić information content (AvgIpc) is 2.32. The van der Waals surface area contributed by atoms with Crippen molar-refractivity contribution in [3.63, 3.8) is 0 Å². The Morgan fingerprint density at radius 3 is 1.64 bits per heavy atom. The first-order valence-corrected chi connectivity index (χ1v) is 10.8. The smallest absolute Gasteiger partial charge is 0.237 e. The van der Waals surface area contributed by atoms with Gasteiger partial charge in [-0.3, -0.25) is 9.59 Å². The van der Waals surface area contributed by atoms with Crippen LogP contribution in [-0.4, -0.2) is 71.7 Å². The van der Waals surface area contributed by atoms with E-state index < -0.39 is 37.7 Å². The van der Waals surface area contributed by atoms with Crippen molar-refractivity contribution in [3.05, 3.63) is 0 Å². The lowest BCUT2D eigenvalue weighted by Crippen LogP contribution is -2.49. The lowest BCUT2D eigenvalue weighted by atomic mass is 10.1. The molecule has 0 bridgehead atoms. The zero-order valence-electron chi connectivity index (χ0n) is 13.2. The normalized spacial score (nSPS) is 15.1. The van der Waals surface area contributed by atoms with Crippen molar-refractivity contribution in [1.29, 1.82) is 0 Å². The number of sulfone groups is 2. The van der Waals surface area contributed by atoms with Crippen molar-refractivity contribution in [2.45, 2.75) is 31.8 Å². The number of nitrogens with one attached hydrogen (secondary N) is 2. The summed E-state index contributed by atoms with van der Waals surface area (Å²) in [5, 5.41) is 5.15. The Hall–Kier alpha value is -1.00. The summed E-state index contributed by atoms with van der Waals surface area (Å²) < 4.78 is 44.6. The molecule has 0 aliphatic rings. The van der Waals surface area contributed by atoms with Gasteiger partial charge < -0.3 is 10.6 Å². The van der Waals surface area contributed by atoms with E-state index in [1.54, 1.807) is 0 Å². The fraction of sp³-hybridized carbons (Fsp3) is 0.833. The first-order chi connectivity index (χ1) is 9.85. The van der Waals surface area contributed by atoms with Crippen LogP contribution in [0.15, 0.2) is 0 Å². The first-order valence-electron chi connectivity index (χ1n) is 6.69. The van der Waals surface area contributed by atoms with Gasteiger partial charge >= 0.3 is 0 Å². The van der Waals surface area contributed by atoms with E-state index >= 15 is 0 Å². The second kappa shape index (κ2) is 8.59. The molecule has 22 heavy (non-hydrogen) atoms. The molecule has 0 fully saturated rings. The summed E-state index contributed by atoms with van der Waals surface area (Å²) in [5.41, 5.74) is 0. The van der Waals surface area contributed by atoms with Crippen molar-refractivity contribution in [2.75, 3.05) is 31.1 Å². The molecule has 2 atom stereocenters. The highest BCUT2D eigenvalue weighted by atomic mass is 32.2. The maximum atomic E-state index is 12.1. The van der Waals surface area contributed by atoms with E-state index in [0.717, 1.165) is 12.5 Å². The van der Waals surface area contributed by atoms with Gasteiger partial charge in [0.2, 0.25) is 5.91 Å². The van der Waals surface area contributed by atoms with Crippen molar-refractivity contribution >= 4 is 31.4 Å². The highest BCUT2D eigenvalue weighted by molar-refractivity contribution is 7.90. The van der Waals surface area contributed by atoms with E-state index in [0.29, 0.717) is 0 Å². The van der Waals surface area contributed by atoms with Crippen LogP contribution < -0.4 is 10.6 Å². The lowest BCUT2D eigenvalue weighted by molar-refractivity contribution is -0.128. The van der Waals surface area contributed by atoms with Gasteiger partial charge in [0.05, 0.1) is 23.6 Å². The lowest BCUT2D eigenvalue weighted by Gasteiger charge is -2.20. The molecule has 0 unspecified atom stereocenters. The van der Waals surface area contributed by atoms with Crippen LogP contribution in [0.1, 0.15) is 19.8 Å². The number of Topliss-reactive ketones (excluding diaryl/α,β-unsaturated/α-hetero) is 1. The van der Waals surface area contributed by atoms with E-state index in [9.17, 15) is 26.4 Å². The molecule has 10 heteroatoms. The van der Waals surface area contributed by atoms with Crippen LogP contribution in [0.4, 0.5) is 0 Å². The number of likely N-dealkylation sites (N-methyl/N-ethyl adjacent to an activating group) is 1. The Morgan fingerprint density at radius 2 is 1.32 bits per heavy atom. The quantitative estimate of drug-likeness (QED) is 0.488. The van der Waals surface area contributed by atoms with Crippen LogP contribution in [-0.2, 0) is 29.3 Å². The standard InChI is InChI=1S/C12H24N2O6S2/c1-9(15)10(5-7-21(3,17)18)14-12(16)11(13-2)6-8-22(4,19)20/h10-11,13H,5-8H2,1-4H3,(H,14,16)/t10-,11-/m0/s1. The third-order valence-corrected chi connectivity index (χ3v) is 4.98. The van der Waals surface area contributed by atoms with Crippen molar-refractivity contribution in [1.82, 2.24) is 10.6 Å².